The van der Waals surface area contributed by atoms with Gasteiger partial charge in [0.1, 0.15) is 0 Å². The molecule has 0 saturated heterocycles. The van der Waals surface area contributed by atoms with Crippen molar-refractivity contribution in [2.45, 2.75) is 25.3 Å². The second-order valence-electron chi connectivity index (χ2n) is 6.46. The molecule has 1 aromatic carbocycles. The van der Waals surface area contributed by atoms with Crippen molar-refractivity contribution < 1.29 is 31.1 Å². The maximum atomic E-state index is 13.2. The van der Waals surface area contributed by atoms with Gasteiger partial charge in [-0.3, -0.25) is 4.79 Å². The third-order valence-electron chi connectivity index (χ3n) is 4.04. The second-order valence-corrected chi connectivity index (χ2v) is 7.33. The molecule has 170 valence electrons. The molecule has 0 aliphatic heterocycles. The van der Waals surface area contributed by atoms with E-state index >= 15 is 0 Å². The molecule has 0 aliphatic carbocycles. The fraction of sp³-hybridized carbons (Fsp3) is 0.222. The minimum atomic E-state index is -4.90. The van der Waals surface area contributed by atoms with Crippen molar-refractivity contribution in [3.8, 4) is 5.82 Å². The smallest absolute Gasteiger partial charge is 0.342 e. The molecule has 0 saturated carbocycles. The SMILES string of the molecule is C[C@H](NC(=O)c1cc(Cl)cc(C(F)(F)F)c1)c1nc(C(F)(F)F)nn1-c1ccc(Cl)cn1. The monoisotopic (exact) mass is 497 g/mol. The maximum Gasteiger partial charge on any atom is 0.453 e. The van der Waals surface area contributed by atoms with Gasteiger partial charge in [0.15, 0.2) is 11.6 Å². The average molecular weight is 498 g/mol. The Labute approximate surface area is 186 Å². The maximum absolute atomic E-state index is 13.2. The van der Waals surface area contributed by atoms with Gasteiger partial charge in [-0.05, 0) is 37.3 Å². The van der Waals surface area contributed by atoms with E-state index in [4.69, 9.17) is 23.2 Å². The van der Waals surface area contributed by atoms with E-state index < -0.39 is 41.3 Å². The summed E-state index contributed by atoms with van der Waals surface area (Å²) in [6, 6.07) is 3.63. The first-order valence-electron chi connectivity index (χ1n) is 8.60. The molecule has 3 rings (SSSR count). The average Bonchev–Trinajstić information content (AvgIpc) is 3.13. The second kappa shape index (κ2) is 8.58. The van der Waals surface area contributed by atoms with Crippen molar-refractivity contribution in [3.63, 3.8) is 0 Å². The molecule has 0 bridgehead atoms. The highest BCUT2D eigenvalue weighted by Crippen LogP contribution is 2.32. The van der Waals surface area contributed by atoms with Crippen LogP contribution in [0.2, 0.25) is 10.0 Å². The molecule has 14 heteroatoms. The first-order valence-corrected chi connectivity index (χ1v) is 9.36. The van der Waals surface area contributed by atoms with Crippen LogP contribution in [0, 0.1) is 0 Å². The highest BCUT2D eigenvalue weighted by Gasteiger charge is 2.38. The Balaban J connectivity index is 1.96. The van der Waals surface area contributed by atoms with Crippen molar-refractivity contribution >= 4 is 29.1 Å². The van der Waals surface area contributed by atoms with E-state index in [1.165, 1.54) is 25.3 Å². The number of alkyl halides is 6. The number of nitrogens with zero attached hydrogens (tertiary/aromatic N) is 4. The molecule has 0 radical (unpaired) electrons. The van der Waals surface area contributed by atoms with Gasteiger partial charge in [-0.2, -0.15) is 31.0 Å². The zero-order valence-corrected chi connectivity index (χ0v) is 17.3. The summed E-state index contributed by atoms with van der Waals surface area (Å²) in [7, 11) is 0. The van der Waals surface area contributed by atoms with Gasteiger partial charge < -0.3 is 5.32 Å². The minimum Gasteiger partial charge on any atom is -0.342 e. The lowest BCUT2D eigenvalue weighted by molar-refractivity contribution is -0.145. The van der Waals surface area contributed by atoms with E-state index in [0.717, 1.165) is 10.7 Å². The highest BCUT2D eigenvalue weighted by molar-refractivity contribution is 6.31. The zero-order chi connectivity index (χ0) is 23.8. The number of amides is 1. The molecule has 3 aromatic rings. The fourth-order valence-electron chi connectivity index (χ4n) is 2.62. The molecule has 1 N–H and O–H groups in total. The fourth-order valence-corrected chi connectivity index (χ4v) is 2.96. The van der Waals surface area contributed by atoms with Crippen LogP contribution >= 0.6 is 23.2 Å². The number of rotatable bonds is 4. The quantitative estimate of drug-likeness (QED) is 0.483. The van der Waals surface area contributed by atoms with Gasteiger partial charge in [0.2, 0.25) is 0 Å². The van der Waals surface area contributed by atoms with Crippen LogP contribution in [0.25, 0.3) is 5.82 Å². The molecule has 6 nitrogen and oxygen atoms in total. The standard InChI is InChI=1S/C18H11Cl2F6N5O/c1-8(28-15(32)9-4-10(17(21,22)23)6-12(20)5-9)14-29-16(18(24,25)26)30-31(14)13-3-2-11(19)7-27-13/h2-8H,1H3,(H,28,32)/t8-/m0/s1. The summed E-state index contributed by atoms with van der Waals surface area (Å²) in [5, 5.41) is 5.57. The molecular weight excluding hydrogens is 487 g/mol. The Morgan fingerprint density at radius 1 is 1.03 bits per heavy atom. The van der Waals surface area contributed by atoms with E-state index in [1.54, 1.807) is 0 Å². The Morgan fingerprint density at radius 3 is 2.28 bits per heavy atom. The number of pyridine rings is 1. The van der Waals surface area contributed by atoms with E-state index in [2.05, 4.69) is 20.4 Å². The third kappa shape index (κ3) is 5.30. The summed E-state index contributed by atoms with van der Waals surface area (Å²) >= 11 is 11.4. The summed E-state index contributed by atoms with van der Waals surface area (Å²) in [4.78, 5) is 19.8. The molecular formula is C18H11Cl2F6N5O. The van der Waals surface area contributed by atoms with Gasteiger partial charge >= 0.3 is 12.4 Å². The molecule has 2 heterocycles. The summed E-state index contributed by atoms with van der Waals surface area (Å²) in [5.41, 5.74) is -1.60. The first kappa shape index (κ1) is 23.8. The number of hydrogen-bond donors (Lipinski definition) is 1. The number of aromatic nitrogens is 4. The van der Waals surface area contributed by atoms with E-state index in [1.807, 2.05) is 0 Å². The predicted octanol–water partition coefficient (Wildman–Crippen LogP) is 5.50. The lowest BCUT2D eigenvalue weighted by Gasteiger charge is -2.15. The van der Waals surface area contributed by atoms with Gasteiger partial charge in [-0.15, -0.1) is 5.10 Å². The van der Waals surface area contributed by atoms with Gasteiger partial charge in [-0.1, -0.05) is 23.2 Å². The minimum absolute atomic E-state index is 0.0735. The Kier molecular flexibility index (Phi) is 6.38. The summed E-state index contributed by atoms with van der Waals surface area (Å²) in [6.45, 7) is 1.28. The Hall–Kier alpha value is -2.86. The van der Waals surface area contributed by atoms with Crippen molar-refractivity contribution in [2.75, 3.05) is 0 Å². The van der Waals surface area contributed by atoms with Crippen molar-refractivity contribution in [3.05, 3.63) is 69.3 Å². The first-order chi connectivity index (χ1) is 14.8. The number of halogens is 8. The molecule has 32 heavy (non-hydrogen) atoms. The zero-order valence-electron chi connectivity index (χ0n) is 15.8. The van der Waals surface area contributed by atoms with Crippen LogP contribution in [0.4, 0.5) is 26.3 Å². The number of benzene rings is 1. The molecule has 2 aromatic heterocycles. The predicted molar refractivity (Wildman–Crippen MR) is 102 cm³/mol. The Bertz CT molecular complexity index is 1140. The largest absolute Gasteiger partial charge is 0.453 e. The van der Waals surface area contributed by atoms with Crippen molar-refractivity contribution in [1.82, 2.24) is 25.1 Å². The van der Waals surface area contributed by atoms with Crippen LogP contribution in [0.5, 0.6) is 0 Å². The molecule has 1 atom stereocenters. The van der Waals surface area contributed by atoms with Crippen molar-refractivity contribution in [2.24, 2.45) is 0 Å². The van der Waals surface area contributed by atoms with E-state index in [-0.39, 0.29) is 21.7 Å². The van der Waals surface area contributed by atoms with Gasteiger partial charge in [0.25, 0.3) is 11.7 Å². The van der Waals surface area contributed by atoms with Crippen LogP contribution < -0.4 is 5.32 Å². The lowest BCUT2D eigenvalue weighted by atomic mass is 10.1. The topological polar surface area (TPSA) is 72.7 Å². The van der Waals surface area contributed by atoms with Crippen LogP contribution in [0.15, 0.2) is 36.5 Å². The number of carbonyl (C=O) groups excluding carboxylic acids is 1. The summed E-state index contributed by atoms with van der Waals surface area (Å²) in [6.07, 6.45) is -8.48. The molecule has 1 amide bonds. The molecule has 0 unspecified atom stereocenters. The molecule has 0 spiro atoms. The van der Waals surface area contributed by atoms with Crippen LogP contribution in [-0.4, -0.2) is 25.7 Å². The molecule has 0 fully saturated rings. The number of nitrogens with one attached hydrogen (secondary N) is 1. The summed E-state index contributed by atoms with van der Waals surface area (Å²) in [5.74, 6) is -2.95. The van der Waals surface area contributed by atoms with Gasteiger partial charge in [-0.25, -0.2) is 9.97 Å². The highest BCUT2D eigenvalue weighted by atomic mass is 35.5. The normalized spacial score (nSPS) is 13.2. The van der Waals surface area contributed by atoms with Crippen LogP contribution in [-0.2, 0) is 12.4 Å². The van der Waals surface area contributed by atoms with Crippen molar-refractivity contribution in [1.29, 1.82) is 0 Å². The van der Waals surface area contributed by atoms with E-state index in [0.29, 0.717) is 12.1 Å². The van der Waals surface area contributed by atoms with Gasteiger partial charge in [0, 0.05) is 16.8 Å². The van der Waals surface area contributed by atoms with Crippen LogP contribution in [0.3, 0.4) is 0 Å². The number of hydrogen-bond acceptors (Lipinski definition) is 4. The third-order valence-corrected chi connectivity index (χ3v) is 4.48. The lowest BCUT2D eigenvalue weighted by Crippen LogP contribution is -2.29. The number of carbonyl (C=O) groups is 1. The van der Waals surface area contributed by atoms with Crippen LogP contribution in [0.1, 0.15) is 40.5 Å². The van der Waals surface area contributed by atoms with Gasteiger partial charge in [0.05, 0.1) is 16.6 Å². The Morgan fingerprint density at radius 2 is 1.72 bits per heavy atom. The summed E-state index contributed by atoms with van der Waals surface area (Å²) < 4.78 is 79.2. The molecule has 0 aliphatic rings. The van der Waals surface area contributed by atoms with E-state index in [9.17, 15) is 31.1 Å².